The number of aliphatic carboxylic acids is 1. The van der Waals surface area contributed by atoms with Gasteiger partial charge in [-0.05, 0) is 42.5 Å². The topological polar surface area (TPSA) is 86.7 Å². The molecule has 2 amide bonds. The number of hydrogen-bond acceptors (Lipinski definition) is 4. The minimum Gasteiger partial charge on any atom is -0.479 e. The van der Waals surface area contributed by atoms with Crippen molar-refractivity contribution < 1.29 is 19.5 Å². The monoisotopic (exact) mass is 384 g/mol. The Morgan fingerprint density at radius 2 is 1.78 bits per heavy atom. The fourth-order valence-electron chi connectivity index (χ4n) is 2.93. The number of anilines is 1. The van der Waals surface area contributed by atoms with E-state index in [9.17, 15) is 19.5 Å². The van der Waals surface area contributed by atoms with Gasteiger partial charge in [0.1, 0.15) is 5.54 Å². The molecule has 6 nitrogen and oxygen atoms in total. The third-order valence-electron chi connectivity index (χ3n) is 4.60. The third kappa shape index (κ3) is 3.98. The first-order valence-corrected chi connectivity index (χ1v) is 9.65. The molecule has 1 aliphatic rings. The van der Waals surface area contributed by atoms with Crippen molar-refractivity contribution in [3.63, 3.8) is 0 Å². The van der Waals surface area contributed by atoms with Gasteiger partial charge < -0.3 is 15.3 Å². The molecule has 1 aliphatic heterocycles. The molecule has 1 heterocycles. The molecule has 1 fully saturated rings. The molecule has 1 unspecified atom stereocenters. The number of hydrogen-bond donors (Lipinski definition) is 2. The zero-order chi connectivity index (χ0) is 19.4. The fourth-order valence-corrected chi connectivity index (χ4v) is 4.26. The maximum Gasteiger partial charge on any atom is 0.330 e. The maximum atomic E-state index is 12.7. The van der Waals surface area contributed by atoms with Crippen LogP contribution >= 0.6 is 11.8 Å². The lowest BCUT2D eigenvalue weighted by molar-refractivity contribution is -0.143. The van der Waals surface area contributed by atoms with E-state index < -0.39 is 17.4 Å². The number of carbonyl (C=O) groups is 3. The maximum absolute atomic E-state index is 12.7. The lowest BCUT2D eigenvalue weighted by Crippen LogP contribution is -2.54. The first kappa shape index (κ1) is 19.0. The zero-order valence-corrected chi connectivity index (χ0v) is 15.7. The highest BCUT2D eigenvalue weighted by atomic mass is 32.2. The normalized spacial score (nSPS) is 18.7. The predicted molar refractivity (Wildman–Crippen MR) is 105 cm³/mol. The fraction of sp³-hybridized carbons (Fsp3) is 0.250. The van der Waals surface area contributed by atoms with Gasteiger partial charge in [-0.25, -0.2) is 4.79 Å². The lowest BCUT2D eigenvalue weighted by Gasteiger charge is -2.24. The van der Waals surface area contributed by atoms with E-state index in [1.165, 1.54) is 22.7 Å². The molecule has 0 aromatic heterocycles. The average Bonchev–Trinajstić information content (AvgIpc) is 3.17. The van der Waals surface area contributed by atoms with Crippen LogP contribution in [0, 0.1) is 0 Å². The summed E-state index contributed by atoms with van der Waals surface area (Å²) in [6.45, 7) is 0. The van der Waals surface area contributed by atoms with E-state index in [0.29, 0.717) is 23.5 Å². The van der Waals surface area contributed by atoms with E-state index in [-0.39, 0.29) is 11.5 Å². The summed E-state index contributed by atoms with van der Waals surface area (Å²) < 4.78 is 0. The number of nitrogens with zero attached hydrogens (tertiary/aromatic N) is 1. The van der Waals surface area contributed by atoms with Crippen LogP contribution in [0.15, 0.2) is 54.6 Å². The van der Waals surface area contributed by atoms with Gasteiger partial charge >= 0.3 is 5.97 Å². The number of carbonyl (C=O) groups excluding carboxylic acids is 2. The van der Waals surface area contributed by atoms with Gasteiger partial charge in [-0.3, -0.25) is 9.59 Å². The number of para-hydroxylation sites is 1. The molecule has 0 bridgehead atoms. The first-order chi connectivity index (χ1) is 12.9. The van der Waals surface area contributed by atoms with Crippen molar-refractivity contribution in [2.75, 3.05) is 23.5 Å². The molecule has 27 heavy (non-hydrogen) atoms. The number of carboxylic acid groups (broad SMARTS) is 1. The van der Waals surface area contributed by atoms with Gasteiger partial charge in [0.2, 0.25) is 0 Å². The average molecular weight is 384 g/mol. The van der Waals surface area contributed by atoms with Crippen molar-refractivity contribution in [1.82, 2.24) is 5.32 Å². The number of thioether (sulfide) groups is 1. The van der Waals surface area contributed by atoms with Gasteiger partial charge in [0, 0.05) is 29.6 Å². The Balaban J connectivity index is 1.80. The second-order valence-corrected chi connectivity index (χ2v) is 7.53. The van der Waals surface area contributed by atoms with E-state index >= 15 is 0 Å². The van der Waals surface area contributed by atoms with Crippen LogP contribution < -0.4 is 10.2 Å². The minimum atomic E-state index is -1.25. The number of carboxylic acids is 1. The van der Waals surface area contributed by atoms with Gasteiger partial charge in [0.15, 0.2) is 0 Å². The van der Waals surface area contributed by atoms with Crippen molar-refractivity contribution in [2.45, 2.75) is 12.0 Å². The SMILES string of the molecule is CN(C(=O)c1cccc(C(=O)NC2(C(=O)O)CCSC2)c1)c1ccccc1. The Hall–Kier alpha value is -2.80. The van der Waals surface area contributed by atoms with Crippen LogP contribution in [0.25, 0.3) is 0 Å². The minimum absolute atomic E-state index is 0.250. The molecule has 7 heteroatoms. The molecule has 3 rings (SSSR count). The van der Waals surface area contributed by atoms with E-state index in [1.54, 1.807) is 25.2 Å². The predicted octanol–water partition coefficient (Wildman–Crippen LogP) is 2.65. The summed E-state index contributed by atoms with van der Waals surface area (Å²) in [4.78, 5) is 38.5. The van der Waals surface area contributed by atoms with Gasteiger partial charge in [0.25, 0.3) is 11.8 Å². The van der Waals surface area contributed by atoms with E-state index in [1.807, 2.05) is 30.3 Å². The van der Waals surface area contributed by atoms with Crippen LogP contribution in [-0.4, -0.2) is 47.0 Å². The largest absolute Gasteiger partial charge is 0.479 e. The third-order valence-corrected chi connectivity index (χ3v) is 5.79. The van der Waals surface area contributed by atoms with Crippen molar-refractivity contribution in [3.8, 4) is 0 Å². The first-order valence-electron chi connectivity index (χ1n) is 8.50. The van der Waals surface area contributed by atoms with Crippen molar-refractivity contribution in [1.29, 1.82) is 0 Å². The number of rotatable bonds is 5. The molecule has 0 saturated carbocycles. The van der Waals surface area contributed by atoms with Gasteiger partial charge in [-0.2, -0.15) is 11.8 Å². The van der Waals surface area contributed by atoms with E-state index in [0.717, 1.165) is 5.69 Å². The highest BCUT2D eigenvalue weighted by Gasteiger charge is 2.43. The molecule has 0 aliphatic carbocycles. The Morgan fingerprint density at radius 1 is 1.07 bits per heavy atom. The highest BCUT2D eigenvalue weighted by Crippen LogP contribution is 2.28. The number of benzene rings is 2. The van der Waals surface area contributed by atoms with Crippen LogP contribution in [0.5, 0.6) is 0 Å². The molecule has 0 radical (unpaired) electrons. The Bertz CT molecular complexity index is 863. The van der Waals surface area contributed by atoms with Crippen molar-refractivity contribution in [3.05, 3.63) is 65.7 Å². The molecule has 2 N–H and O–H groups in total. The summed E-state index contributed by atoms with van der Waals surface area (Å²) >= 11 is 1.50. The van der Waals surface area contributed by atoms with Crippen LogP contribution in [-0.2, 0) is 4.79 Å². The molecular formula is C20H20N2O4S. The Morgan fingerprint density at radius 3 is 2.41 bits per heavy atom. The van der Waals surface area contributed by atoms with Gasteiger partial charge in [-0.15, -0.1) is 0 Å². The van der Waals surface area contributed by atoms with E-state index in [2.05, 4.69) is 5.32 Å². The Kier molecular flexibility index (Phi) is 5.51. The number of amides is 2. The van der Waals surface area contributed by atoms with Gasteiger partial charge in [0.05, 0.1) is 0 Å². The second-order valence-electron chi connectivity index (χ2n) is 6.42. The van der Waals surface area contributed by atoms with Crippen molar-refractivity contribution in [2.24, 2.45) is 0 Å². The van der Waals surface area contributed by atoms with Crippen LogP contribution in [0.3, 0.4) is 0 Å². The van der Waals surface area contributed by atoms with Gasteiger partial charge in [-0.1, -0.05) is 24.3 Å². The van der Waals surface area contributed by atoms with Crippen LogP contribution in [0.4, 0.5) is 5.69 Å². The summed E-state index contributed by atoms with van der Waals surface area (Å²) in [5.74, 6) is -0.745. The summed E-state index contributed by atoms with van der Waals surface area (Å²) in [5, 5.41) is 12.2. The van der Waals surface area contributed by atoms with Crippen LogP contribution in [0.2, 0.25) is 0 Å². The molecule has 0 spiro atoms. The standard InChI is InChI=1S/C20H20N2O4S/c1-22(16-8-3-2-4-9-16)18(24)15-7-5-6-14(12-15)17(23)21-20(19(25)26)10-11-27-13-20/h2-9,12H,10-11,13H2,1H3,(H,21,23)(H,25,26). The quantitative estimate of drug-likeness (QED) is 0.828. The van der Waals surface area contributed by atoms with Crippen molar-refractivity contribution >= 4 is 35.2 Å². The second kappa shape index (κ2) is 7.84. The van der Waals surface area contributed by atoms with E-state index in [4.69, 9.17) is 0 Å². The highest BCUT2D eigenvalue weighted by molar-refractivity contribution is 7.99. The molecule has 140 valence electrons. The Labute approximate surface area is 161 Å². The molecule has 1 atom stereocenters. The molecule has 2 aromatic rings. The summed E-state index contributed by atoms with van der Waals surface area (Å²) in [5.41, 5.74) is 0.118. The smallest absolute Gasteiger partial charge is 0.330 e. The summed E-state index contributed by atoms with van der Waals surface area (Å²) in [7, 11) is 1.67. The lowest BCUT2D eigenvalue weighted by atomic mass is 9.98. The molecule has 1 saturated heterocycles. The van der Waals surface area contributed by atoms with Crippen LogP contribution in [0.1, 0.15) is 27.1 Å². The number of nitrogens with one attached hydrogen (secondary N) is 1. The zero-order valence-electron chi connectivity index (χ0n) is 14.8. The summed E-state index contributed by atoms with van der Waals surface area (Å²) in [6, 6.07) is 15.5. The molecule has 2 aromatic carbocycles. The summed E-state index contributed by atoms with van der Waals surface area (Å²) in [6.07, 6.45) is 0.383. The molecular weight excluding hydrogens is 364 g/mol.